The van der Waals surface area contributed by atoms with Crippen LogP contribution < -0.4 is 0 Å². The Bertz CT molecular complexity index is 1180. The molecular weight excluding hydrogens is 554 g/mol. The average molecular weight is 568 g/mol. The second kappa shape index (κ2) is 8.15. The number of nitrogens with zero attached hydrogens (tertiary/aromatic N) is 2. The van der Waals surface area contributed by atoms with Gasteiger partial charge in [0.05, 0.1) is 0 Å². The molecule has 2 aromatic carbocycles. The van der Waals surface area contributed by atoms with Gasteiger partial charge in [-0.1, -0.05) is 29.8 Å². The van der Waals surface area contributed by atoms with Gasteiger partial charge in [0.2, 0.25) is 0 Å². The SMILES string of the molecule is FC1(F)c2ccc[c-]c2-c2nccc3cccc1c23.O=C(O)c1ccccn1.[Ir]. The van der Waals surface area contributed by atoms with E-state index in [-0.39, 0.29) is 36.9 Å². The van der Waals surface area contributed by atoms with Crippen molar-refractivity contribution in [2.24, 2.45) is 0 Å². The van der Waals surface area contributed by atoms with Crippen LogP contribution in [0, 0.1) is 6.07 Å². The van der Waals surface area contributed by atoms with Crippen LogP contribution in [0.25, 0.3) is 22.0 Å². The van der Waals surface area contributed by atoms with E-state index in [4.69, 9.17) is 5.11 Å². The van der Waals surface area contributed by atoms with Gasteiger partial charge in [0.25, 0.3) is 5.92 Å². The van der Waals surface area contributed by atoms with E-state index >= 15 is 0 Å². The number of alkyl halides is 2. The summed E-state index contributed by atoms with van der Waals surface area (Å²) >= 11 is 0. The standard InChI is InChI=1S/C16H8F2N.C6H5NO2.Ir/c17-16(18)12-6-2-1-5-11(12)15-14-10(8-9-19-15)4-3-7-13(14)16;8-6(9)5-3-1-2-4-7-5;/h1-4,6-9H;1-4H,(H,8,9);/q-1;;. The maximum Gasteiger partial charge on any atom is 0.354 e. The maximum atomic E-state index is 14.6. The third-order valence-electron chi connectivity index (χ3n) is 4.44. The third kappa shape index (κ3) is 3.67. The number of aromatic nitrogens is 2. The summed E-state index contributed by atoms with van der Waals surface area (Å²) in [5.41, 5.74) is 1.08. The average Bonchev–Trinajstić information content (AvgIpc) is 2.73. The molecule has 4 aromatic rings. The molecule has 0 spiro atoms. The van der Waals surface area contributed by atoms with Gasteiger partial charge in [0.15, 0.2) is 0 Å². The first-order valence-electron chi connectivity index (χ1n) is 8.42. The largest absolute Gasteiger partial charge is 0.477 e. The number of hydrogen-bond acceptors (Lipinski definition) is 3. The molecular formula is C22H13F2IrN2O2-. The molecule has 0 bridgehead atoms. The molecule has 0 saturated carbocycles. The van der Waals surface area contributed by atoms with Gasteiger partial charge in [-0.25, -0.2) is 18.6 Å². The van der Waals surface area contributed by atoms with Crippen molar-refractivity contribution in [3.05, 3.63) is 95.9 Å². The fourth-order valence-corrected chi connectivity index (χ4v) is 3.21. The van der Waals surface area contributed by atoms with Crippen molar-refractivity contribution in [1.29, 1.82) is 0 Å². The summed E-state index contributed by atoms with van der Waals surface area (Å²) in [6.45, 7) is 0. The summed E-state index contributed by atoms with van der Waals surface area (Å²) in [5.74, 6) is -3.99. The molecule has 0 aliphatic heterocycles. The number of fused-ring (bicyclic) bond motifs is 2. The Balaban J connectivity index is 0.000000205. The zero-order valence-corrected chi connectivity index (χ0v) is 17.2. The minimum atomic E-state index is -3.00. The normalized spacial score (nSPS) is 12.8. The van der Waals surface area contributed by atoms with Gasteiger partial charge in [-0.05, 0) is 34.7 Å². The van der Waals surface area contributed by atoms with Crippen molar-refractivity contribution in [2.75, 3.05) is 0 Å². The van der Waals surface area contributed by atoms with Crippen LogP contribution >= 0.6 is 0 Å². The Morgan fingerprint density at radius 1 is 0.931 bits per heavy atom. The summed E-state index contributed by atoms with van der Waals surface area (Å²) in [6, 6.07) is 19.1. The fraction of sp³-hybridized carbons (Fsp3) is 0.0455. The molecule has 0 saturated heterocycles. The van der Waals surface area contributed by atoms with Gasteiger partial charge in [0, 0.05) is 38.1 Å². The van der Waals surface area contributed by atoms with E-state index in [0.29, 0.717) is 16.6 Å². The zero-order chi connectivity index (χ0) is 19.7. The van der Waals surface area contributed by atoms with Gasteiger partial charge in [-0.15, -0.1) is 29.8 Å². The predicted octanol–water partition coefficient (Wildman–Crippen LogP) is 4.93. The van der Waals surface area contributed by atoms with Crippen LogP contribution in [0.2, 0.25) is 0 Å². The molecule has 1 radical (unpaired) electrons. The second-order valence-corrected chi connectivity index (χ2v) is 6.12. The van der Waals surface area contributed by atoms with E-state index in [0.717, 1.165) is 5.39 Å². The van der Waals surface area contributed by atoms with Crippen molar-refractivity contribution < 1.29 is 38.8 Å². The summed E-state index contributed by atoms with van der Waals surface area (Å²) in [4.78, 5) is 18.0. The minimum absolute atomic E-state index is 0. The zero-order valence-electron chi connectivity index (χ0n) is 14.8. The molecule has 0 atom stereocenters. The number of carboxylic acids is 1. The van der Waals surface area contributed by atoms with Gasteiger partial charge >= 0.3 is 5.97 Å². The second-order valence-electron chi connectivity index (χ2n) is 6.12. The number of hydrogen-bond donors (Lipinski definition) is 1. The number of carbonyl (C=O) groups is 1. The van der Waals surface area contributed by atoms with Crippen LogP contribution in [0.4, 0.5) is 8.78 Å². The third-order valence-corrected chi connectivity index (χ3v) is 4.44. The van der Waals surface area contributed by atoms with E-state index in [1.54, 1.807) is 42.6 Å². The Hall–Kier alpha value is -3.02. The Kier molecular flexibility index (Phi) is 5.82. The van der Waals surface area contributed by atoms with E-state index < -0.39 is 11.9 Å². The number of carboxylic acid groups (broad SMARTS) is 1. The van der Waals surface area contributed by atoms with Crippen molar-refractivity contribution in [2.45, 2.75) is 5.92 Å². The molecule has 2 aromatic heterocycles. The number of rotatable bonds is 1. The van der Waals surface area contributed by atoms with Gasteiger partial charge in [-0.2, -0.15) is 0 Å². The van der Waals surface area contributed by atoms with E-state index in [1.165, 1.54) is 24.4 Å². The topological polar surface area (TPSA) is 63.1 Å². The summed E-state index contributed by atoms with van der Waals surface area (Å²) in [7, 11) is 0. The van der Waals surface area contributed by atoms with Gasteiger partial charge in [0.1, 0.15) is 5.69 Å². The number of aromatic carboxylic acids is 1. The smallest absolute Gasteiger partial charge is 0.354 e. The van der Waals surface area contributed by atoms with Gasteiger partial charge in [-0.3, -0.25) is 0 Å². The molecule has 1 aliphatic carbocycles. The number of halogens is 2. The summed E-state index contributed by atoms with van der Waals surface area (Å²) in [5, 5.41) is 9.64. The van der Waals surface area contributed by atoms with Crippen LogP contribution in [0.15, 0.2) is 73.1 Å². The van der Waals surface area contributed by atoms with Crippen LogP contribution in [-0.2, 0) is 26.0 Å². The molecule has 7 heteroatoms. The maximum absolute atomic E-state index is 14.6. The first-order valence-corrected chi connectivity index (χ1v) is 8.42. The van der Waals surface area contributed by atoms with Crippen LogP contribution in [0.3, 0.4) is 0 Å². The Labute approximate surface area is 178 Å². The molecule has 1 aliphatic rings. The molecule has 4 nitrogen and oxygen atoms in total. The van der Waals surface area contributed by atoms with Crippen molar-refractivity contribution in [3.8, 4) is 11.3 Å². The number of pyridine rings is 2. The Morgan fingerprint density at radius 2 is 1.72 bits per heavy atom. The first-order chi connectivity index (χ1) is 13.5. The van der Waals surface area contributed by atoms with E-state index in [1.807, 2.05) is 6.07 Å². The predicted molar refractivity (Wildman–Crippen MR) is 100 cm³/mol. The monoisotopic (exact) mass is 568 g/mol. The molecule has 0 unspecified atom stereocenters. The molecule has 147 valence electrons. The molecule has 1 N–H and O–H groups in total. The summed E-state index contributed by atoms with van der Waals surface area (Å²) < 4.78 is 29.2. The molecule has 29 heavy (non-hydrogen) atoms. The first kappa shape index (κ1) is 20.7. The summed E-state index contributed by atoms with van der Waals surface area (Å²) in [6.07, 6.45) is 3.10. The van der Waals surface area contributed by atoms with Crippen LogP contribution in [-0.4, -0.2) is 21.0 Å². The Morgan fingerprint density at radius 3 is 2.41 bits per heavy atom. The van der Waals surface area contributed by atoms with E-state index in [9.17, 15) is 13.6 Å². The van der Waals surface area contributed by atoms with Gasteiger partial charge < -0.3 is 10.1 Å². The van der Waals surface area contributed by atoms with Crippen molar-refractivity contribution in [3.63, 3.8) is 0 Å². The quantitative estimate of drug-likeness (QED) is 0.332. The molecule has 2 heterocycles. The van der Waals surface area contributed by atoms with Crippen LogP contribution in [0.1, 0.15) is 21.6 Å². The van der Waals surface area contributed by atoms with Crippen LogP contribution in [0.5, 0.6) is 0 Å². The molecule has 0 fully saturated rings. The molecule has 5 rings (SSSR count). The van der Waals surface area contributed by atoms with E-state index in [2.05, 4.69) is 16.0 Å². The number of benzene rings is 2. The van der Waals surface area contributed by atoms with Crippen molar-refractivity contribution >= 4 is 16.7 Å². The minimum Gasteiger partial charge on any atom is -0.477 e. The fourth-order valence-electron chi connectivity index (χ4n) is 3.21. The van der Waals surface area contributed by atoms with Crippen molar-refractivity contribution in [1.82, 2.24) is 9.97 Å². The molecule has 0 amide bonds.